The lowest BCUT2D eigenvalue weighted by Gasteiger charge is -2.13. The Balaban J connectivity index is 1.41. The minimum Gasteiger partial charge on any atom is -0.454 e. The van der Waals surface area contributed by atoms with Crippen LogP contribution >= 0.6 is 23.2 Å². The molecule has 0 radical (unpaired) electrons. The Labute approximate surface area is 208 Å². The molecular formula is C24H16Cl2N4O5. The van der Waals surface area contributed by atoms with E-state index in [9.17, 15) is 14.4 Å². The summed E-state index contributed by atoms with van der Waals surface area (Å²) < 4.78 is 11.7. The Morgan fingerprint density at radius 1 is 0.829 bits per heavy atom. The van der Waals surface area contributed by atoms with Crippen LogP contribution in [-0.2, 0) is 9.59 Å². The normalized spacial score (nSPS) is 11.8. The molecule has 3 aromatic carbocycles. The van der Waals surface area contributed by atoms with Gasteiger partial charge < -0.3 is 20.1 Å². The summed E-state index contributed by atoms with van der Waals surface area (Å²) in [6.45, 7) is 0.0803. The van der Waals surface area contributed by atoms with Crippen molar-refractivity contribution < 1.29 is 23.9 Å². The third kappa shape index (κ3) is 4.59. The van der Waals surface area contributed by atoms with Gasteiger partial charge in [0.15, 0.2) is 11.5 Å². The number of benzene rings is 3. The van der Waals surface area contributed by atoms with Gasteiger partial charge in [-0.15, -0.1) is 0 Å². The number of aromatic nitrogens is 1. The number of para-hydroxylation sites is 1. The van der Waals surface area contributed by atoms with Gasteiger partial charge in [-0.3, -0.25) is 19.8 Å². The molecule has 2 heterocycles. The highest BCUT2D eigenvalue weighted by Gasteiger charge is 2.22. The zero-order chi connectivity index (χ0) is 24.5. The second-order valence-electron chi connectivity index (χ2n) is 7.47. The molecule has 5 rings (SSSR count). The van der Waals surface area contributed by atoms with Gasteiger partial charge >= 0.3 is 11.8 Å². The molecule has 35 heavy (non-hydrogen) atoms. The molecule has 176 valence electrons. The fourth-order valence-corrected chi connectivity index (χ4v) is 3.90. The van der Waals surface area contributed by atoms with E-state index in [1.165, 1.54) is 4.68 Å². The molecule has 0 saturated carbocycles. The summed E-state index contributed by atoms with van der Waals surface area (Å²) in [5.74, 6) is -1.50. The monoisotopic (exact) mass is 510 g/mol. The number of amides is 3. The first-order chi connectivity index (χ1) is 16.9. The number of hydrogen-bond acceptors (Lipinski definition) is 5. The Bertz CT molecular complexity index is 1500. The van der Waals surface area contributed by atoms with Crippen LogP contribution in [0.15, 0.2) is 66.7 Å². The van der Waals surface area contributed by atoms with Crippen LogP contribution in [0.25, 0.3) is 10.9 Å². The van der Waals surface area contributed by atoms with Gasteiger partial charge in [0.1, 0.15) is 5.69 Å². The smallest absolute Gasteiger partial charge is 0.328 e. The maximum absolute atomic E-state index is 13.1. The van der Waals surface area contributed by atoms with Crippen LogP contribution < -0.4 is 25.5 Å². The summed E-state index contributed by atoms with van der Waals surface area (Å²) in [6.07, 6.45) is 0. The quantitative estimate of drug-likeness (QED) is 0.346. The van der Waals surface area contributed by atoms with Gasteiger partial charge in [-0.1, -0.05) is 35.3 Å². The van der Waals surface area contributed by atoms with Gasteiger partial charge in [0.05, 0.1) is 16.2 Å². The minimum atomic E-state index is -0.998. The summed E-state index contributed by atoms with van der Waals surface area (Å²) in [4.78, 5) is 38.5. The van der Waals surface area contributed by atoms with E-state index in [2.05, 4.69) is 16.1 Å². The highest BCUT2D eigenvalue weighted by molar-refractivity contribution is 6.42. The van der Waals surface area contributed by atoms with Crippen molar-refractivity contribution in [3.8, 4) is 11.5 Å². The van der Waals surface area contributed by atoms with E-state index in [1.54, 1.807) is 66.7 Å². The van der Waals surface area contributed by atoms with Gasteiger partial charge in [0, 0.05) is 22.2 Å². The van der Waals surface area contributed by atoms with Gasteiger partial charge in [0.2, 0.25) is 6.79 Å². The van der Waals surface area contributed by atoms with Gasteiger partial charge in [-0.05, 0) is 48.5 Å². The van der Waals surface area contributed by atoms with E-state index in [4.69, 9.17) is 32.7 Å². The Kier molecular flexibility index (Phi) is 5.94. The standard InChI is InChI=1S/C24H16Cl2N4O5/c25-14-5-7-18-13(9-14)10-19(22(31)28-17-4-2-1-3-16(17)26)30(18)29-24(33)23(32)27-15-6-8-20-21(11-15)35-12-34-20/h1-11H,12H2,(H,27,32)(H,28,31)(H,29,33). The Morgan fingerprint density at radius 2 is 1.63 bits per heavy atom. The van der Waals surface area contributed by atoms with Crippen LogP contribution in [0.5, 0.6) is 11.5 Å². The van der Waals surface area contributed by atoms with E-state index in [-0.39, 0.29) is 12.5 Å². The Morgan fingerprint density at radius 3 is 2.46 bits per heavy atom. The molecule has 0 fully saturated rings. The number of rotatable bonds is 4. The number of anilines is 2. The van der Waals surface area contributed by atoms with Crippen LogP contribution in [0.3, 0.4) is 0 Å². The highest BCUT2D eigenvalue weighted by Crippen LogP contribution is 2.34. The third-order valence-electron chi connectivity index (χ3n) is 5.17. The zero-order valence-electron chi connectivity index (χ0n) is 17.8. The fourth-order valence-electron chi connectivity index (χ4n) is 3.54. The van der Waals surface area contributed by atoms with Crippen molar-refractivity contribution in [1.29, 1.82) is 0 Å². The van der Waals surface area contributed by atoms with E-state index < -0.39 is 17.7 Å². The summed E-state index contributed by atoms with van der Waals surface area (Å²) in [6, 6.07) is 17.9. The lowest BCUT2D eigenvalue weighted by molar-refractivity contribution is -0.133. The van der Waals surface area contributed by atoms with Crippen LogP contribution in [0.2, 0.25) is 10.0 Å². The first kappa shape index (κ1) is 22.6. The number of halogens is 2. The average Bonchev–Trinajstić information content (AvgIpc) is 3.44. The van der Waals surface area contributed by atoms with E-state index >= 15 is 0 Å². The average molecular weight is 511 g/mol. The maximum atomic E-state index is 13.1. The van der Waals surface area contributed by atoms with Crippen LogP contribution in [0, 0.1) is 0 Å². The number of hydrogen-bond donors (Lipinski definition) is 3. The molecule has 0 unspecified atom stereocenters. The summed E-state index contributed by atoms with van der Waals surface area (Å²) >= 11 is 12.3. The van der Waals surface area contributed by atoms with E-state index in [0.29, 0.717) is 43.8 Å². The molecule has 1 aliphatic heterocycles. The second kappa shape index (κ2) is 9.21. The zero-order valence-corrected chi connectivity index (χ0v) is 19.3. The first-order valence-corrected chi connectivity index (χ1v) is 11.0. The lowest BCUT2D eigenvalue weighted by atomic mass is 10.2. The number of carbonyl (C=O) groups excluding carboxylic acids is 3. The third-order valence-corrected chi connectivity index (χ3v) is 5.73. The van der Waals surface area contributed by atoms with Crippen LogP contribution in [0.4, 0.5) is 11.4 Å². The van der Waals surface area contributed by atoms with E-state index in [0.717, 1.165) is 0 Å². The van der Waals surface area contributed by atoms with Crippen molar-refractivity contribution in [3.05, 3.63) is 82.5 Å². The van der Waals surface area contributed by atoms with Gasteiger partial charge in [-0.2, -0.15) is 0 Å². The summed E-state index contributed by atoms with van der Waals surface area (Å²) in [5, 5.41) is 6.58. The number of carbonyl (C=O) groups is 3. The van der Waals surface area contributed by atoms with Gasteiger partial charge in [-0.25, -0.2) is 4.68 Å². The fraction of sp³-hybridized carbons (Fsp3) is 0.0417. The molecule has 9 nitrogen and oxygen atoms in total. The van der Waals surface area contributed by atoms with Crippen molar-refractivity contribution in [1.82, 2.24) is 4.68 Å². The number of fused-ring (bicyclic) bond motifs is 2. The molecule has 1 aliphatic rings. The van der Waals surface area contributed by atoms with Crippen molar-refractivity contribution in [2.24, 2.45) is 0 Å². The van der Waals surface area contributed by atoms with Crippen LogP contribution in [-0.4, -0.2) is 29.2 Å². The molecular weight excluding hydrogens is 495 g/mol. The van der Waals surface area contributed by atoms with E-state index in [1.807, 2.05) is 0 Å². The predicted octanol–water partition coefficient (Wildman–Crippen LogP) is 4.64. The SMILES string of the molecule is O=C(Nc1ccc2c(c1)OCO2)C(=O)Nn1c(C(=O)Nc2ccccc2Cl)cc2cc(Cl)ccc21. The largest absolute Gasteiger partial charge is 0.454 e. The predicted molar refractivity (Wildman–Crippen MR) is 132 cm³/mol. The number of nitrogens with zero attached hydrogens (tertiary/aromatic N) is 1. The van der Waals surface area contributed by atoms with Crippen molar-refractivity contribution in [3.63, 3.8) is 0 Å². The Hall–Kier alpha value is -4.21. The molecule has 4 aromatic rings. The molecule has 0 saturated heterocycles. The lowest BCUT2D eigenvalue weighted by Crippen LogP contribution is -2.36. The molecule has 0 spiro atoms. The minimum absolute atomic E-state index is 0.0615. The molecule has 3 amide bonds. The topological polar surface area (TPSA) is 111 Å². The summed E-state index contributed by atoms with van der Waals surface area (Å²) in [5.41, 5.74) is 3.73. The van der Waals surface area contributed by atoms with Crippen molar-refractivity contribution in [2.75, 3.05) is 22.9 Å². The molecule has 0 bridgehead atoms. The first-order valence-electron chi connectivity index (χ1n) is 10.3. The van der Waals surface area contributed by atoms with Gasteiger partial charge in [0.25, 0.3) is 5.91 Å². The summed E-state index contributed by atoms with van der Waals surface area (Å²) in [7, 11) is 0. The maximum Gasteiger partial charge on any atom is 0.328 e. The molecule has 0 atom stereocenters. The molecule has 0 aliphatic carbocycles. The number of nitrogens with one attached hydrogen (secondary N) is 3. The molecule has 3 N–H and O–H groups in total. The molecule has 11 heteroatoms. The second-order valence-corrected chi connectivity index (χ2v) is 8.31. The highest BCUT2D eigenvalue weighted by atomic mass is 35.5. The molecule has 1 aromatic heterocycles. The van der Waals surface area contributed by atoms with Crippen molar-refractivity contribution >= 4 is 63.2 Å². The number of ether oxygens (including phenoxy) is 2. The van der Waals surface area contributed by atoms with Crippen LogP contribution in [0.1, 0.15) is 10.5 Å². The van der Waals surface area contributed by atoms with Crippen molar-refractivity contribution in [2.45, 2.75) is 0 Å².